The Morgan fingerprint density at radius 1 is 1.70 bits per heavy atom. The first-order valence-electron chi connectivity index (χ1n) is 3.41. The Morgan fingerprint density at radius 3 is 2.50 bits per heavy atom. The number of hydrogen-bond acceptors (Lipinski definition) is 1. The van der Waals surface area contributed by atoms with E-state index in [1.54, 1.807) is 0 Å². The minimum atomic E-state index is 0. The van der Waals surface area contributed by atoms with Crippen LogP contribution in [0.5, 0.6) is 0 Å². The standard InChI is InChI=1S/C7H15N2.ClH/c1-4-9(3)6-5-8-7(9)2;/h4,7-8H,1,5-6H2,2-3H3;1H/q+1;/p-1. The van der Waals surface area contributed by atoms with Crippen LogP contribution in [0.2, 0.25) is 0 Å². The summed E-state index contributed by atoms with van der Waals surface area (Å²) < 4.78 is 0.958. The van der Waals surface area contributed by atoms with Crippen LogP contribution in [0.3, 0.4) is 0 Å². The van der Waals surface area contributed by atoms with E-state index in [1.165, 1.54) is 6.54 Å². The molecule has 0 bridgehead atoms. The third-order valence-corrected chi connectivity index (χ3v) is 2.34. The number of rotatable bonds is 1. The van der Waals surface area contributed by atoms with Crippen molar-refractivity contribution in [1.82, 2.24) is 5.32 Å². The van der Waals surface area contributed by atoms with Gasteiger partial charge in [0.2, 0.25) is 0 Å². The van der Waals surface area contributed by atoms with E-state index in [2.05, 4.69) is 25.9 Å². The molecule has 10 heavy (non-hydrogen) atoms. The molecule has 0 radical (unpaired) electrons. The normalized spacial score (nSPS) is 38.8. The summed E-state index contributed by atoms with van der Waals surface area (Å²) in [4.78, 5) is 0. The molecule has 2 nitrogen and oxygen atoms in total. The van der Waals surface area contributed by atoms with Gasteiger partial charge in [-0.1, -0.05) is 0 Å². The third kappa shape index (κ3) is 1.51. The molecule has 0 aromatic heterocycles. The minimum absolute atomic E-state index is 0. The van der Waals surface area contributed by atoms with Crippen LogP contribution in [0.15, 0.2) is 12.8 Å². The summed E-state index contributed by atoms with van der Waals surface area (Å²) in [6.45, 7) is 8.27. The van der Waals surface area contributed by atoms with Crippen LogP contribution in [-0.2, 0) is 0 Å². The van der Waals surface area contributed by atoms with Crippen molar-refractivity contribution in [2.75, 3.05) is 20.1 Å². The number of likely N-dealkylation sites (N-methyl/N-ethyl adjacent to an activating group) is 1. The smallest absolute Gasteiger partial charge is 0.144 e. The molecule has 3 heteroatoms. The molecule has 0 saturated carbocycles. The summed E-state index contributed by atoms with van der Waals surface area (Å²) in [5.74, 6) is 0. The first-order chi connectivity index (χ1) is 4.19. The van der Waals surface area contributed by atoms with Crippen molar-refractivity contribution < 1.29 is 16.9 Å². The zero-order valence-electron chi connectivity index (χ0n) is 6.60. The number of halogens is 1. The predicted molar refractivity (Wildman–Crippen MR) is 38.7 cm³/mol. The molecule has 0 aromatic carbocycles. The predicted octanol–water partition coefficient (Wildman–Crippen LogP) is -2.47. The number of nitrogens with one attached hydrogen (secondary N) is 1. The van der Waals surface area contributed by atoms with Crippen LogP contribution >= 0.6 is 0 Å². The van der Waals surface area contributed by atoms with E-state index in [-0.39, 0.29) is 12.4 Å². The number of quaternary nitrogens is 1. The van der Waals surface area contributed by atoms with E-state index in [1.807, 2.05) is 6.20 Å². The fraction of sp³-hybridized carbons (Fsp3) is 0.714. The zero-order valence-corrected chi connectivity index (χ0v) is 7.36. The fourth-order valence-corrected chi connectivity index (χ4v) is 1.17. The van der Waals surface area contributed by atoms with E-state index in [4.69, 9.17) is 0 Å². The second kappa shape index (κ2) is 3.37. The fourth-order valence-electron chi connectivity index (χ4n) is 1.17. The Kier molecular flexibility index (Phi) is 3.36. The van der Waals surface area contributed by atoms with Crippen molar-refractivity contribution in [3.63, 3.8) is 0 Å². The third-order valence-electron chi connectivity index (χ3n) is 2.34. The lowest BCUT2D eigenvalue weighted by molar-refractivity contribution is -0.870. The van der Waals surface area contributed by atoms with E-state index in [0.29, 0.717) is 6.17 Å². The topological polar surface area (TPSA) is 12.0 Å². The summed E-state index contributed by atoms with van der Waals surface area (Å²) in [6.07, 6.45) is 2.55. The molecule has 0 aliphatic carbocycles. The second-order valence-corrected chi connectivity index (χ2v) is 2.88. The van der Waals surface area contributed by atoms with Crippen molar-refractivity contribution in [3.8, 4) is 0 Å². The molecule has 1 saturated heterocycles. The summed E-state index contributed by atoms with van der Waals surface area (Å²) in [5.41, 5.74) is 0. The Balaban J connectivity index is 0.000000810. The van der Waals surface area contributed by atoms with Gasteiger partial charge in [0.15, 0.2) is 0 Å². The van der Waals surface area contributed by atoms with Gasteiger partial charge in [-0.3, -0.25) is 9.80 Å². The van der Waals surface area contributed by atoms with Crippen LogP contribution in [-0.4, -0.2) is 30.8 Å². The molecule has 0 spiro atoms. The van der Waals surface area contributed by atoms with Gasteiger partial charge in [-0.15, -0.1) is 0 Å². The summed E-state index contributed by atoms with van der Waals surface area (Å²) >= 11 is 0. The Hall–Kier alpha value is -0.0500. The van der Waals surface area contributed by atoms with Crippen molar-refractivity contribution >= 4 is 0 Å². The quantitative estimate of drug-likeness (QED) is 0.422. The van der Waals surface area contributed by atoms with Crippen molar-refractivity contribution in [2.24, 2.45) is 0 Å². The van der Waals surface area contributed by atoms with E-state index in [0.717, 1.165) is 11.0 Å². The Bertz CT molecular complexity index is 127. The summed E-state index contributed by atoms with van der Waals surface area (Å²) in [5, 5.41) is 3.36. The van der Waals surface area contributed by atoms with Gasteiger partial charge >= 0.3 is 0 Å². The molecular formula is C7H15ClN2. The maximum absolute atomic E-state index is 3.80. The molecule has 1 aliphatic rings. The lowest BCUT2D eigenvalue weighted by Gasteiger charge is -2.28. The molecule has 60 valence electrons. The second-order valence-electron chi connectivity index (χ2n) is 2.88. The van der Waals surface area contributed by atoms with Crippen LogP contribution in [0.25, 0.3) is 0 Å². The highest BCUT2D eigenvalue weighted by Crippen LogP contribution is 2.12. The summed E-state index contributed by atoms with van der Waals surface area (Å²) in [6, 6.07) is 0. The average Bonchev–Trinajstić information content (AvgIpc) is 2.15. The minimum Gasteiger partial charge on any atom is -1.00 e. The molecular weight excluding hydrogens is 148 g/mol. The van der Waals surface area contributed by atoms with Gasteiger partial charge in [-0.2, -0.15) is 0 Å². The zero-order chi connectivity index (χ0) is 6.91. The van der Waals surface area contributed by atoms with Crippen LogP contribution < -0.4 is 17.7 Å². The van der Waals surface area contributed by atoms with Crippen molar-refractivity contribution in [1.29, 1.82) is 0 Å². The van der Waals surface area contributed by atoms with Crippen molar-refractivity contribution in [3.05, 3.63) is 12.8 Å². The molecule has 1 rings (SSSR count). The van der Waals surface area contributed by atoms with Gasteiger partial charge < -0.3 is 12.4 Å². The van der Waals surface area contributed by atoms with Crippen LogP contribution in [0.4, 0.5) is 0 Å². The maximum Gasteiger partial charge on any atom is 0.144 e. The highest BCUT2D eigenvalue weighted by Gasteiger charge is 2.31. The van der Waals surface area contributed by atoms with Gasteiger partial charge in [0.25, 0.3) is 0 Å². The molecule has 1 fully saturated rings. The molecule has 0 amide bonds. The number of hydrogen-bond donors (Lipinski definition) is 1. The monoisotopic (exact) mass is 162 g/mol. The SMILES string of the molecule is C=C[N+]1(C)CCNC1C.[Cl-]. The average molecular weight is 163 g/mol. The first-order valence-corrected chi connectivity index (χ1v) is 3.41. The maximum atomic E-state index is 3.80. The molecule has 2 atom stereocenters. The van der Waals surface area contributed by atoms with E-state index in [9.17, 15) is 0 Å². The van der Waals surface area contributed by atoms with Gasteiger partial charge in [-0.25, -0.2) is 0 Å². The highest BCUT2D eigenvalue weighted by atomic mass is 35.5. The van der Waals surface area contributed by atoms with Gasteiger partial charge in [0, 0.05) is 6.92 Å². The summed E-state index contributed by atoms with van der Waals surface area (Å²) in [7, 11) is 2.19. The highest BCUT2D eigenvalue weighted by molar-refractivity contribution is 4.66. The van der Waals surface area contributed by atoms with Gasteiger partial charge in [-0.05, 0) is 6.58 Å². The van der Waals surface area contributed by atoms with E-state index < -0.39 is 0 Å². The first kappa shape index (κ1) is 9.95. The Labute approximate surface area is 68.9 Å². The largest absolute Gasteiger partial charge is 1.00 e. The Morgan fingerprint density at radius 2 is 2.30 bits per heavy atom. The van der Waals surface area contributed by atoms with E-state index >= 15 is 0 Å². The molecule has 1 N–H and O–H groups in total. The molecule has 1 heterocycles. The number of nitrogens with zero attached hydrogens (tertiary/aromatic N) is 1. The molecule has 2 unspecified atom stereocenters. The molecule has 0 aromatic rings. The van der Waals surface area contributed by atoms with Gasteiger partial charge in [0.1, 0.15) is 6.17 Å². The van der Waals surface area contributed by atoms with Crippen LogP contribution in [0.1, 0.15) is 6.92 Å². The lowest BCUT2D eigenvalue weighted by atomic mass is 10.4. The molecule has 1 aliphatic heterocycles. The lowest BCUT2D eigenvalue weighted by Crippen LogP contribution is -3.00. The van der Waals surface area contributed by atoms with Crippen molar-refractivity contribution in [2.45, 2.75) is 13.1 Å². The van der Waals surface area contributed by atoms with Crippen LogP contribution in [0, 0.1) is 0 Å². The van der Waals surface area contributed by atoms with Gasteiger partial charge in [0.05, 0.1) is 26.3 Å².